The minimum atomic E-state index is -3.70. The molecule has 0 bridgehead atoms. The molecule has 9 heteroatoms. The second-order valence-electron chi connectivity index (χ2n) is 8.48. The zero-order valence-corrected chi connectivity index (χ0v) is 19.0. The van der Waals surface area contributed by atoms with Gasteiger partial charge in [0.15, 0.2) is 0 Å². The highest BCUT2D eigenvalue weighted by molar-refractivity contribution is 7.89. The van der Waals surface area contributed by atoms with Crippen LogP contribution in [0.4, 0.5) is 4.39 Å². The molecule has 0 unspecified atom stereocenters. The molecule has 1 aliphatic rings. The summed E-state index contributed by atoms with van der Waals surface area (Å²) in [5.41, 5.74) is 2.55. The Balaban J connectivity index is 1.32. The van der Waals surface area contributed by atoms with Gasteiger partial charge >= 0.3 is 0 Å². The molecule has 0 radical (unpaired) electrons. The maximum Gasteiger partial charge on any atom is 0.242 e. The standard InChI is InChI=1S/C23H27FN4O3S/c1-15-14-28(2)22-21(15)11-20(13-25-22)32(30,31)27-19-9-5-17(6-10-19)23(29)26-12-16-3-7-18(24)8-4-16/h3-4,7-8,11,13-14,17,19,27H,5-6,9-10,12H2,1-2H3,(H,26,29)/t17-,19-. The molecular formula is C23H27FN4O3S. The summed E-state index contributed by atoms with van der Waals surface area (Å²) in [5, 5.41) is 3.71. The molecule has 1 aromatic carbocycles. The maximum absolute atomic E-state index is 13.0. The number of nitrogens with one attached hydrogen (secondary N) is 2. The first-order valence-corrected chi connectivity index (χ1v) is 12.2. The van der Waals surface area contributed by atoms with Crippen molar-refractivity contribution in [2.24, 2.45) is 13.0 Å². The van der Waals surface area contributed by atoms with E-state index >= 15 is 0 Å². The van der Waals surface area contributed by atoms with E-state index in [1.54, 1.807) is 18.2 Å². The van der Waals surface area contributed by atoms with E-state index in [9.17, 15) is 17.6 Å². The topological polar surface area (TPSA) is 93.1 Å². The predicted octanol–water partition coefficient (Wildman–Crippen LogP) is 3.17. The van der Waals surface area contributed by atoms with Gasteiger partial charge in [-0.1, -0.05) is 12.1 Å². The van der Waals surface area contributed by atoms with Crippen LogP contribution in [0.25, 0.3) is 11.0 Å². The van der Waals surface area contributed by atoms with Crippen LogP contribution in [0.3, 0.4) is 0 Å². The Morgan fingerprint density at radius 3 is 2.56 bits per heavy atom. The summed E-state index contributed by atoms with van der Waals surface area (Å²) in [7, 11) is -1.82. The largest absolute Gasteiger partial charge is 0.352 e. The molecular weight excluding hydrogens is 431 g/mol. The molecule has 1 aliphatic carbocycles. The Morgan fingerprint density at radius 2 is 1.88 bits per heavy atom. The van der Waals surface area contributed by atoms with E-state index in [2.05, 4.69) is 15.0 Å². The van der Waals surface area contributed by atoms with Crippen molar-refractivity contribution in [3.63, 3.8) is 0 Å². The lowest BCUT2D eigenvalue weighted by Gasteiger charge is -2.28. The zero-order valence-electron chi connectivity index (χ0n) is 18.1. The number of rotatable bonds is 6. The summed E-state index contributed by atoms with van der Waals surface area (Å²) in [6.45, 7) is 2.27. The number of carbonyl (C=O) groups is 1. The van der Waals surface area contributed by atoms with Crippen molar-refractivity contribution >= 4 is 27.0 Å². The van der Waals surface area contributed by atoms with Crippen LogP contribution < -0.4 is 10.0 Å². The molecule has 2 aromatic heterocycles. The fraction of sp³-hybridized carbons (Fsp3) is 0.391. The molecule has 2 N–H and O–H groups in total. The SMILES string of the molecule is Cc1cn(C)c2ncc(S(=O)(=O)N[C@H]3CC[C@H](C(=O)NCc4ccc(F)cc4)CC3)cc12. The Hall–Kier alpha value is -2.78. The van der Waals surface area contributed by atoms with Gasteiger partial charge in [0.25, 0.3) is 0 Å². The van der Waals surface area contributed by atoms with Gasteiger partial charge in [-0.15, -0.1) is 0 Å². The lowest BCUT2D eigenvalue weighted by molar-refractivity contribution is -0.126. The van der Waals surface area contributed by atoms with Crippen LogP contribution in [0.2, 0.25) is 0 Å². The van der Waals surface area contributed by atoms with E-state index in [-0.39, 0.29) is 28.6 Å². The maximum atomic E-state index is 13.0. The molecule has 3 aromatic rings. The molecule has 4 rings (SSSR count). The van der Waals surface area contributed by atoms with Gasteiger partial charge in [-0.3, -0.25) is 4.79 Å². The molecule has 0 aliphatic heterocycles. The number of fused-ring (bicyclic) bond motifs is 1. The van der Waals surface area contributed by atoms with E-state index in [1.165, 1.54) is 18.3 Å². The molecule has 2 heterocycles. The summed E-state index contributed by atoms with van der Waals surface area (Å²) in [5.74, 6) is -0.513. The first kappa shape index (κ1) is 22.4. The average molecular weight is 459 g/mol. The van der Waals surface area contributed by atoms with Crippen LogP contribution in [-0.2, 0) is 28.4 Å². The highest BCUT2D eigenvalue weighted by Crippen LogP contribution is 2.27. The first-order chi connectivity index (χ1) is 15.2. The number of carbonyl (C=O) groups excluding carboxylic acids is 1. The fourth-order valence-corrected chi connectivity index (χ4v) is 5.55. The monoisotopic (exact) mass is 458 g/mol. The molecule has 32 heavy (non-hydrogen) atoms. The summed E-state index contributed by atoms with van der Waals surface area (Å²) in [6, 6.07) is 7.47. The van der Waals surface area contributed by atoms with Crippen LogP contribution in [0.15, 0.2) is 47.6 Å². The third-order valence-electron chi connectivity index (χ3n) is 6.10. The number of aryl methyl sites for hydroxylation is 2. The van der Waals surface area contributed by atoms with Gasteiger partial charge in [-0.25, -0.2) is 22.5 Å². The second kappa shape index (κ2) is 8.99. The lowest BCUT2D eigenvalue weighted by Crippen LogP contribution is -2.40. The molecule has 1 amide bonds. The van der Waals surface area contributed by atoms with E-state index in [0.29, 0.717) is 32.2 Å². The number of amides is 1. The normalized spacial score (nSPS) is 19.2. The number of nitrogens with zero attached hydrogens (tertiary/aromatic N) is 2. The number of hydrogen-bond donors (Lipinski definition) is 2. The molecule has 0 spiro atoms. The second-order valence-corrected chi connectivity index (χ2v) is 10.2. The van der Waals surface area contributed by atoms with Crippen molar-refractivity contribution in [3.8, 4) is 0 Å². The summed E-state index contributed by atoms with van der Waals surface area (Å²) in [6.07, 6.45) is 5.71. The zero-order chi connectivity index (χ0) is 22.9. The van der Waals surface area contributed by atoms with E-state index in [1.807, 2.05) is 24.7 Å². The predicted molar refractivity (Wildman–Crippen MR) is 120 cm³/mol. The first-order valence-electron chi connectivity index (χ1n) is 10.7. The quantitative estimate of drug-likeness (QED) is 0.593. The van der Waals surface area contributed by atoms with Crippen LogP contribution in [0.1, 0.15) is 36.8 Å². The van der Waals surface area contributed by atoms with E-state index in [4.69, 9.17) is 0 Å². The highest BCUT2D eigenvalue weighted by atomic mass is 32.2. The van der Waals surface area contributed by atoms with Gasteiger partial charge in [0.2, 0.25) is 15.9 Å². The van der Waals surface area contributed by atoms with Crippen LogP contribution >= 0.6 is 0 Å². The molecule has 7 nitrogen and oxygen atoms in total. The van der Waals surface area contributed by atoms with E-state index < -0.39 is 10.0 Å². The molecule has 0 atom stereocenters. The van der Waals surface area contributed by atoms with Gasteiger partial charge in [-0.05, 0) is 61.9 Å². The fourth-order valence-electron chi connectivity index (χ4n) is 4.27. The number of aromatic nitrogens is 2. The van der Waals surface area contributed by atoms with Gasteiger partial charge in [0.05, 0.1) is 0 Å². The minimum absolute atomic E-state index is 0.0511. The van der Waals surface area contributed by atoms with Gasteiger partial charge in [0, 0.05) is 43.3 Å². The lowest BCUT2D eigenvalue weighted by atomic mass is 9.86. The van der Waals surface area contributed by atoms with Gasteiger partial charge in [-0.2, -0.15) is 0 Å². The summed E-state index contributed by atoms with van der Waals surface area (Å²) >= 11 is 0. The highest BCUT2D eigenvalue weighted by Gasteiger charge is 2.29. The average Bonchev–Trinajstić information content (AvgIpc) is 3.06. The van der Waals surface area contributed by atoms with Crippen LogP contribution in [0.5, 0.6) is 0 Å². The van der Waals surface area contributed by atoms with E-state index in [0.717, 1.165) is 22.2 Å². The third kappa shape index (κ3) is 4.83. The van der Waals surface area contributed by atoms with Crippen molar-refractivity contribution in [2.45, 2.75) is 50.1 Å². The van der Waals surface area contributed by atoms with Crippen molar-refractivity contribution in [2.75, 3.05) is 0 Å². The Bertz CT molecular complexity index is 1230. The van der Waals surface area contributed by atoms with Crippen molar-refractivity contribution in [3.05, 3.63) is 59.7 Å². The Labute approximate surface area is 187 Å². The number of hydrogen-bond acceptors (Lipinski definition) is 4. The molecule has 1 saturated carbocycles. The Kier molecular flexibility index (Phi) is 6.30. The number of benzene rings is 1. The minimum Gasteiger partial charge on any atom is -0.352 e. The number of pyridine rings is 1. The smallest absolute Gasteiger partial charge is 0.242 e. The summed E-state index contributed by atoms with van der Waals surface area (Å²) in [4.78, 5) is 16.9. The number of sulfonamides is 1. The van der Waals surface area contributed by atoms with Crippen molar-refractivity contribution in [1.29, 1.82) is 0 Å². The van der Waals surface area contributed by atoms with Crippen molar-refractivity contribution < 1.29 is 17.6 Å². The van der Waals surface area contributed by atoms with Crippen LogP contribution in [-0.4, -0.2) is 29.9 Å². The van der Waals surface area contributed by atoms with Gasteiger partial charge < -0.3 is 9.88 Å². The molecule has 0 saturated heterocycles. The van der Waals surface area contributed by atoms with Crippen LogP contribution in [0, 0.1) is 18.7 Å². The Morgan fingerprint density at radius 1 is 1.19 bits per heavy atom. The third-order valence-corrected chi connectivity index (χ3v) is 7.59. The molecule has 170 valence electrons. The number of halogens is 1. The summed E-state index contributed by atoms with van der Waals surface area (Å²) < 4.78 is 43.4. The molecule has 1 fully saturated rings. The van der Waals surface area contributed by atoms with Gasteiger partial charge in [0.1, 0.15) is 16.4 Å². The van der Waals surface area contributed by atoms with Crippen molar-refractivity contribution in [1.82, 2.24) is 19.6 Å².